The van der Waals surface area contributed by atoms with E-state index in [1.807, 2.05) is 23.6 Å². The molecular formula is C13H12N2O2S3. The zero-order valence-corrected chi connectivity index (χ0v) is 12.8. The maximum absolute atomic E-state index is 12.3. The molecule has 0 atom stereocenters. The Labute approximate surface area is 124 Å². The lowest BCUT2D eigenvalue weighted by Gasteiger charge is -2.06. The highest BCUT2D eigenvalue weighted by Crippen LogP contribution is 2.27. The highest BCUT2D eigenvalue weighted by Gasteiger charge is 2.16. The van der Waals surface area contributed by atoms with Gasteiger partial charge in [0.2, 0.25) is 0 Å². The van der Waals surface area contributed by atoms with Crippen LogP contribution >= 0.6 is 22.7 Å². The number of hydrogen-bond acceptors (Lipinski definition) is 5. The van der Waals surface area contributed by atoms with E-state index in [9.17, 15) is 8.42 Å². The molecule has 2 aromatic heterocycles. The maximum atomic E-state index is 12.3. The van der Waals surface area contributed by atoms with Crippen LogP contribution in [0.5, 0.6) is 0 Å². The van der Waals surface area contributed by atoms with Crippen molar-refractivity contribution >= 4 is 48.5 Å². The SMILES string of the molecule is NCc1csc(S(=O)(=O)Nc2ccc3sccc3c2)c1. The molecule has 3 aromatic rings. The van der Waals surface area contributed by atoms with Gasteiger partial charge in [-0.15, -0.1) is 22.7 Å². The largest absolute Gasteiger partial charge is 0.326 e. The van der Waals surface area contributed by atoms with Crippen LogP contribution in [-0.4, -0.2) is 8.42 Å². The van der Waals surface area contributed by atoms with Crippen LogP contribution in [0.15, 0.2) is 45.3 Å². The highest BCUT2D eigenvalue weighted by molar-refractivity contribution is 7.94. The van der Waals surface area contributed by atoms with Gasteiger partial charge in [0.15, 0.2) is 0 Å². The van der Waals surface area contributed by atoms with Gasteiger partial charge in [0.1, 0.15) is 4.21 Å². The Morgan fingerprint density at radius 3 is 2.75 bits per heavy atom. The first-order chi connectivity index (χ1) is 9.58. The summed E-state index contributed by atoms with van der Waals surface area (Å²) in [4.78, 5) is 0. The lowest BCUT2D eigenvalue weighted by molar-refractivity contribution is 0.603. The van der Waals surface area contributed by atoms with E-state index in [4.69, 9.17) is 5.73 Å². The number of nitrogens with two attached hydrogens (primary N) is 1. The number of fused-ring (bicyclic) bond motifs is 1. The lowest BCUT2D eigenvalue weighted by Crippen LogP contribution is -2.11. The Hall–Kier alpha value is -1.41. The predicted molar refractivity (Wildman–Crippen MR) is 84.8 cm³/mol. The van der Waals surface area contributed by atoms with E-state index in [0.717, 1.165) is 15.6 Å². The Bertz CT molecular complexity index is 849. The molecule has 3 rings (SSSR count). The first kappa shape index (κ1) is 13.6. The molecule has 1 aromatic carbocycles. The van der Waals surface area contributed by atoms with Crippen molar-refractivity contribution in [3.05, 3.63) is 46.7 Å². The summed E-state index contributed by atoms with van der Waals surface area (Å²) < 4.78 is 28.5. The molecule has 0 aliphatic heterocycles. The molecule has 0 fully saturated rings. The summed E-state index contributed by atoms with van der Waals surface area (Å²) in [5, 5.41) is 4.77. The summed E-state index contributed by atoms with van der Waals surface area (Å²) >= 11 is 2.80. The van der Waals surface area contributed by atoms with Crippen LogP contribution in [0, 0.1) is 0 Å². The Morgan fingerprint density at radius 2 is 2.00 bits per heavy atom. The summed E-state index contributed by atoms with van der Waals surface area (Å²) in [6.45, 7) is 0.340. The quantitative estimate of drug-likeness (QED) is 0.774. The van der Waals surface area contributed by atoms with E-state index in [0.29, 0.717) is 12.2 Å². The van der Waals surface area contributed by atoms with Gasteiger partial charge in [-0.3, -0.25) is 4.72 Å². The molecule has 7 heteroatoms. The van der Waals surface area contributed by atoms with Gasteiger partial charge in [0, 0.05) is 16.9 Å². The summed E-state index contributed by atoms with van der Waals surface area (Å²) in [7, 11) is -3.54. The first-order valence-corrected chi connectivity index (χ1v) is 9.10. The van der Waals surface area contributed by atoms with Crippen molar-refractivity contribution < 1.29 is 8.42 Å². The second-order valence-corrected chi connectivity index (χ2v) is 8.02. The molecule has 4 nitrogen and oxygen atoms in total. The van der Waals surface area contributed by atoms with Gasteiger partial charge >= 0.3 is 0 Å². The van der Waals surface area contributed by atoms with Crippen molar-refractivity contribution in [2.75, 3.05) is 4.72 Å². The fraction of sp³-hybridized carbons (Fsp3) is 0.0769. The smallest absolute Gasteiger partial charge is 0.271 e. The van der Waals surface area contributed by atoms with Crippen molar-refractivity contribution in [2.24, 2.45) is 5.73 Å². The molecule has 3 N–H and O–H groups in total. The minimum absolute atomic E-state index is 0.281. The monoisotopic (exact) mass is 324 g/mol. The number of benzene rings is 1. The molecule has 2 heterocycles. The van der Waals surface area contributed by atoms with E-state index in [-0.39, 0.29) is 4.21 Å². The van der Waals surface area contributed by atoms with Gasteiger partial charge in [-0.05, 0) is 52.0 Å². The molecular weight excluding hydrogens is 312 g/mol. The minimum Gasteiger partial charge on any atom is -0.326 e. The number of rotatable bonds is 4. The Kier molecular flexibility index (Phi) is 3.51. The van der Waals surface area contributed by atoms with Crippen LogP contribution < -0.4 is 10.5 Å². The molecule has 0 saturated carbocycles. The fourth-order valence-electron chi connectivity index (χ4n) is 1.84. The predicted octanol–water partition coefficient (Wildman–Crippen LogP) is 3.22. The number of thiophene rings is 2. The third kappa shape index (κ3) is 2.57. The van der Waals surface area contributed by atoms with Gasteiger partial charge in [-0.1, -0.05) is 0 Å². The number of hydrogen-bond donors (Lipinski definition) is 2. The lowest BCUT2D eigenvalue weighted by atomic mass is 10.2. The molecule has 0 amide bonds. The van der Waals surface area contributed by atoms with E-state index in [1.54, 1.807) is 28.8 Å². The molecule has 0 aliphatic carbocycles. The van der Waals surface area contributed by atoms with Crippen molar-refractivity contribution in [1.82, 2.24) is 0 Å². The summed E-state index contributed by atoms with van der Waals surface area (Å²) in [6, 6.07) is 9.10. The zero-order valence-electron chi connectivity index (χ0n) is 10.4. The molecule has 0 bridgehead atoms. The third-order valence-electron chi connectivity index (χ3n) is 2.83. The van der Waals surface area contributed by atoms with Crippen LogP contribution in [0.4, 0.5) is 5.69 Å². The van der Waals surface area contributed by atoms with E-state index < -0.39 is 10.0 Å². The summed E-state index contributed by atoms with van der Waals surface area (Å²) in [5.74, 6) is 0. The van der Waals surface area contributed by atoms with Crippen molar-refractivity contribution in [3.8, 4) is 0 Å². The minimum atomic E-state index is -3.54. The van der Waals surface area contributed by atoms with Gasteiger partial charge in [0.05, 0.1) is 0 Å². The second kappa shape index (κ2) is 5.17. The third-order valence-corrected chi connectivity index (χ3v) is 6.60. The van der Waals surface area contributed by atoms with E-state index in [2.05, 4.69) is 4.72 Å². The maximum Gasteiger partial charge on any atom is 0.271 e. The van der Waals surface area contributed by atoms with Gasteiger partial charge < -0.3 is 5.73 Å². The molecule has 0 unspecified atom stereocenters. The van der Waals surface area contributed by atoms with Gasteiger partial charge in [-0.2, -0.15) is 0 Å². The molecule has 0 spiro atoms. The van der Waals surface area contributed by atoms with E-state index in [1.165, 1.54) is 11.3 Å². The molecule has 0 saturated heterocycles. The second-order valence-electron chi connectivity index (χ2n) is 4.26. The number of anilines is 1. The number of nitrogens with one attached hydrogen (secondary N) is 1. The summed E-state index contributed by atoms with van der Waals surface area (Å²) in [5.41, 5.74) is 6.89. The fourth-order valence-corrected chi connectivity index (χ4v) is 4.88. The molecule has 20 heavy (non-hydrogen) atoms. The normalized spacial score (nSPS) is 11.8. The van der Waals surface area contributed by atoms with Gasteiger partial charge in [0.25, 0.3) is 10.0 Å². The van der Waals surface area contributed by atoms with Crippen LogP contribution in [0.25, 0.3) is 10.1 Å². The molecule has 104 valence electrons. The Balaban J connectivity index is 1.92. The van der Waals surface area contributed by atoms with Crippen LogP contribution in [0.1, 0.15) is 5.56 Å². The van der Waals surface area contributed by atoms with E-state index >= 15 is 0 Å². The number of sulfonamides is 1. The first-order valence-electron chi connectivity index (χ1n) is 5.86. The van der Waals surface area contributed by atoms with Crippen molar-refractivity contribution in [1.29, 1.82) is 0 Å². The van der Waals surface area contributed by atoms with Crippen LogP contribution in [-0.2, 0) is 16.6 Å². The molecule has 0 radical (unpaired) electrons. The van der Waals surface area contributed by atoms with Crippen LogP contribution in [0.2, 0.25) is 0 Å². The average molecular weight is 324 g/mol. The zero-order chi connectivity index (χ0) is 14.2. The average Bonchev–Trinajstić information content (AvgIpc) is 3.06. The van der Waals surface area contributed by atoms with Crippen molar-refractivity contribution in [2.45, 2.75) is 10.8 Å². The Morgan fingerprint density at radius 1 is 1.15 bits per heavy atom. The van der Waals surface area contributed by atoms with Crippen LogP contribution in [0.3, 0.4) is 0 Å². The van der Waals surface area contributed by atoms with Gasteiger partial charge in [-0.25, -0.2) is 8.42 Å². The van der Waals surface area contributed by atoms with Crippen molar-refractivity contribution in [3.63, 3.8) is 0 Å². The highest BCUT2D eigenvalue weighted by atomic mass is 32.2. The molecule has 0 aliphatic rings. The topological polar surface area (TPSA) is 72.2 Å². The standard InChI is InChI=1S/C13H12N2O2S3/c14-7-9-5-13(19-8-9)20(16,17)15-11-1-2-12-10(6-11)3-4-18-12/h1-6,8,15H,7,14H2. The summed E-state index contributed by atoms with van der Waals surface area (Å²) in [6.07, 6.45) is 0.